The van der Waals surface area contributed by atoms with Crippen molar-refractivity contribution in [2.24, 2.45) is 5.92 Å². The third kappa shape index (κ3) is 2.63. The van der Waals surface area contributed by atoms with Gasteiger partial charge < -0.3 is 0 Å². The molecular formula is C17H18O2S. The highest BCUT2D eigenvalue weighted by molar-refractivity contribution is 7.98. The van der Waals surface area contributed by atoms with E-state index < -0.39 is 5.92 Å². The number of carbonyl (C=O) groups excluding carboxylic acids is 2. The highest BCUT2D eigenvalue weighted by atomic mass is 32.2. The zero-order chi connectivity index (χ0) is 14.7. The molecule has 0 amide bonds. The lowest BCUT2D eigenvalue weighted by Gasteiger charge is -2.12. The van der Waals surface area contributed by atoms with Crippen LogP contribution in [0, 0.1) is 5.92 Å². The molecule has 0 saturated carbocycles. The van der Waals surface area contributed by atoms with E-state index in [0.29, 0.717) is 12.0 Å². The van der Waals surface area contributed by atoms with Crippen LogP contribution >= 0.6 is 11.8 Å². The van der Waals surface area contributed by atoms with Crippen molar-refractivity contribution in [1.82, 2.24) is 0 Å². The molecular weight excluding hydrogens is 268 g/mol. The Labute approximate surface area is 123 Å². The minimum absolute atomic E-state index is 0.00646. The summed E-state index contributed by atoms with van der Waals surface area (Å²) in [5.74, 6) is -0.655. The second-order valence-electron chi connectivity index (χ2n) is 4.77. The molecule has 0 aliphatic heterocycles. The van der Waals surface area contributed by atoms with Crippen LogP contribution in [0.1, 0.15) is 30.6 Å². The third-order valence-electron chi connectivity index (χ3n) is 3.59. The smallest absolute Gasteiger partial charge is 0.173 e. The van der Waals surface area contributed by atoms with Gasteiger partial charge in [0.1, 0.15) is 5.78 Å². The highest BCUT2D eigenvalue weighted by Crippen LogP contribution is 2.30. The summed E-state index contributed by atoms with van der Waals surface area (Å²) in [4.78, 5) is 25.4. The predicted octanol–water partition coefficient (Wildman–Crippen LogP) is 4.36. The number of benzene rings is 2. The van der Waals surface area contributed by atoms with Crippen molar-refractivity contribution in [3.05, 3.63) is 42.0 Å². The maximum atomic E-state index is 12.5. The molecule has 2 rings (SSSR count). The summed E-state index contributed by atoms with van der Waals surface area (Å²) in [7, 11) is 0. The Hall–Kier alpha value is -1.61. The second-order valence-corrected chi connectivity index (χ2v) is 5.61. The number of thioether (sulfide) groups is 1. The summed E-state index contributed by atoms with van der Waals surface area (Å²) in [5.41, 5.74) is 0.646. The number of hydrogen-bond donors (Lipinski definition) is 0. The van der Waals surface area contributed by atoms with Gasteiger partial charge in [0, 0.05) is 16.9 Å². The van der Waals surface area contributed by atoms with Crippen LogP contribution in [0.5, 0.6) is 0 Å². The van der Waals surface area contributed by atoms with Crippen molar-refractivity contribution in [3.63, 3.8) is 0 Å². The monoisotopic (exact) mass is 286 g/mol. The van der Waals surface area contributed by atoms with Gasteiger partial charge >= 0.3 is 0 Å². The summed E-state index contributed by atoms with van der Waals surface area (Å²) in [6, 6.07) is 11.7. The standard InChI is InChI=1S/C17H18O2S/c1-4-15(18)11(2)17(19)14-9-10-16(20-3)13-8-6-5-7-12(13)14/h5-11H,4H2,1-3H3. The van der Waals surface area contributed by atoms with Crippen molar-refractivity contribution in [2.45, 2.75) is 25.2 Å². The molecule has 1 atom stereocenters. The number of carbonyl (C=O) groups is 2. The van der Waals surface area contributed by atoms with Gasteiger partial charge in [-0.2, -0.15) is 0 Å². The topological polar surface area (TPSA) is 34.1 Å². The molecule has 104 valence electrons. The fourth-order valence-corrected chi connectivity index (χ4v) is 2.95. The second kappa shape index (κ2) is 6.23. The summed E-state index contributed by atoms with van der Waals surface area (Å²) >= 11 is 1.66. The van der Waals surface area contributed by atoms with Crippen LogP contribution in [0.4, 0.5) is 0 Å². The molecule has 0 heterocycles. The van der Waals surface area contributed by atoms with Gasteiger partial charge in [0.05, 0.1) is 5.92 Å². The van der Waals surface area contributed by atoms with Crippen molar-refractivity contribution in [3.8, 4) is 0 Å². The number of rotatable bonds is 5. The van der Waals surface area contributed by atoms with E-state index in [-0.39, 0.29) is 11.6 Å². The molecule has 1 unspecified atom stereocenters. The molecule has 0 radical (unpaired) electrons. The van der Waals surface area contributed by atoms with Gasteiger partial charge in [0.2, 0.25) is 0 Å². The SMILES string of the molecule is CCC(=O)C(C)C(=O)c1ccc(SC)c2ccccc12. The Morgan fingerprint density at radius 2 is 1.75 bits per heavy atom. The van der Waals surface area contributed by atoms with E-state index in [9.17, 15) is 9.59 Å². The maximum Gasteiger partial charge on any atom is 0.173 e. The number of hydrogen-bond acceptors (Lipinski definition) is 3. The minimum atomic E-state index is -0.566. The molecule has 3 heteroatoms. The lowest BCUT2D eigenvalue weighted by molar-refractivity contribution is -0.120. The third-order valence-corrected chi connectivity index (χ3v) is 4.39. The first-order valence-corrected chi connectivity index (χ1v) is 7.95. The molecule has 0 fully saturated rings. The number of Topliss-reactive ketones (excluding diaryl/α,β-unsaturated/α-hetero) is 2. The summed E-state index contributed by atoms with van der Waals surface area (Å²) in [5, 5.41) is 2.00. The molecule has 2 aromatic carbocycles. The van der Waals surface area contributed by atoms with Crippen molar-refractivity contribution in [2.75, 3.05) is 6.26 Å². The normalized spacial score (nSPS) is 12.3. The summed E-state index contributed by atoms with van der Waals surface area (Å²) in [6.07, 6.45) is 2.42. The largest absolute Gasteiger partial charge is 0.299 e. The molecule has 0 saturated heterocycles. The molecule has 0 aromatic heterocycles. The first kappa shape index (κ1) is 14.8. The van der Waals surface area contributed by atoms with E-state index in [2.05, 4.69) is 0 Å². The fourth-order valence-electron chi connectivity index (χ4n) is 2.35. The van der Waals surface area contributed by atoms with Crippen LogP contribution in [0.15, 0.2) is 41.3 Å². The summed E-state index contributed by atoms with van der Waals surface area (Å²) < 4.78 is 0. The molecule has 0 bridgehead atoms. The minimum Gasteiger partial charge on any atom is -0.299 e. The molecule has 0 N–H and O–H groups in total. The number of ketones is 2. The van der Waals surface area contributed by atoms with E-state index in [0.717, 1.165) is 15.7 Å². The molecule has 0 aliphatic carbocycles. The summed E-state index contributed by atoms with van der Waals surface area (Å²) in [6.45, 7) is 3.49. The van der Waals surface area contributed by atoms with E-state index >= 15 is 0 Å². The Kier molecular flexibility index (Phi) is 4.61. The first-order chi connectivity index (χ1) is 9.60. The van der Waals surface area contributed by atoms with Gasteiger partial charge in [0.25, 0.3) is 0 Å². The van der Waals surface area contributed by atoms with E-state index in [1.807, 2.05) is 42.7 Å². The van der Waals surface area contributed by atoms with Crippen LogP contribution in [0.25, 0.3) is 10.8 Å². The van der Waals surface area contributed by atoms with Crippen LogP contribution in [0.2, 0.25) is 0 Å². The van der Waals surface area contributed by atoms with Crippen LogP contribution < -0.4 is 0 Å². The van der Waals surface area contributed by atoms with E-state index in [1.165, 1.54) is 0 Å². The lowest BCUT2D eigenvalue weighted by Crippen LogP contribution is -2.20. The quantitative estimate of drug-likeness (QED) is 0.465. The maximum absolute atomic E-state index is 12.5. The van der Waals surface area contributed by atoms with Crippen molar-refractivity contribution < 1.29 is 9.59 Å². The Balaban J connectivity index is 2.56. The van der Waals surface area contributed by atoms with Crippen LogP contribution in [-0.2, 0) is 4.79 Å². The van der Waals surface area contributed by atoms with Crippen LogP contribution in [0.3, 0.4) is 0 Å². The Morgan fingerprint density at radius 1 is 1.10 bits per heavy atom. The fraction of sp³-hybridized carbons (Fsp3) is 0.294. The number of fused-ring (bicyclic) bond motifs is 1. The Bertz CT molecular complexity index is 661. The van der Waals surface area contributed by atoms with Gasteiger partial charge in [-0.15, -0.1) is 11.8 Å². The van der Waals surface area contributed by atoms with Gasteiger partial charge in [-0.3, -0.25) is 9.59 Å². The highest BCUT2D eigenvalue weighted by Gasteiger charge is 2.23. The molecule has 20 heavy (non-hydrogen) atoms. The Morgan fingerprint density at radius 3 is 2.35 bits per heavy atom. The van der Waals surface area contributed by atoms with Crippen molar-refractivity contribution >= 4 is 34.1 Å². The van der Waals surface area contributed by atoms with Crippen LogP contribution in [-0.4, -0.2) is 17.8 Å². The molecule has 0 spiro atoms. The average molecular weight is 286 g/mol. The van der Waals surface area contributed by atoms with Gasteiger partial charge in [-0.1, -0.05) is 31.2 Å². The van der Waals surface area contributed by atoms with Gasteiger partial charge in [-0.05, 0) is 36.1 Å². The van der Waals surface area contributed by atoms with E-state index in [4.69, 9.17) is 0 Å². The average Bonchev–Trinajstić information content (AvgIpc) is 2.51. The lowest BCUT2D eigenvalue weighted by atomic mass is 9.91. The first-order valence-electron chi connectivity index (χ1n) is 6.72. The zero-order valence-corrected chi connectivity index (χ0v) is 12.8. The van der Waals surface area contributed by atoms with Gasteiger partial charge in [0.15, 0.2) is 5.78 Å². The van der Waals surface area contributed by atoms with Crippen molar-refractivity contribution in [1.29, 1.82) is 0 Å². The molecule has 0 aliphatic rings. The molecule has 2 aromatic rings. The molecule has 2 nitrogen and oxygen atoms in total. The zero-order valence-electron chi connectivity index (χ0n) is 12.0. The van der Waals surface area contributed by atoms with E-state index in [1.54, 1.807) is 25.6 Å². The van der Waals surface area contributed by atoms with Gasteiger partial charge in [-0.25, -0.2) is 0 Å². The predicted molar refractivity (Wildman–Crippen MR) is 84.5 cm³/mol.